The summed E-state index contributed by atoms with van der Waals surface area (Å²) in [7, 11) is 0. The van der Waals surface area contributed by atoms with Gasteiger partial charge in [0, 0.05) is 5.56 Å². The molecule has 0 radical (unpaired) electrons. The predicted molar refractivity (Wildman–Crippen MR) is 77.8 cm³/mol. The Morgan fingerprint density at radius 1 is 1.00 bits per heavy atom. The van der Waals surface area contributed by atoms with Crippen LogP contribution < -0.4 is 0 Å². The number of halogens is 1. The summed E-state index contributed by atoms with van der Waals surface area (Å²) in [5.74, 6) is 0.0634. The molecule has 18 heavy (non-hydrogen) atoms. The molecule has 0 N–H and O–H groups in total. The molecule has 1 nitrogen and oxygen atoms in total. The van der Waals surface area contributed by atoms with Crippen molar-refractivity contribution in [3.8, 4) is 0 Å². The second-order valence-electron chi connectivity index (χ2n) is 4.31. The molecule has 1 aromatic carbocycles. The summed E-state index contributed by atoms with van der Waals surface area (Å²) in [4.78, 5) is 12.4. The first-order valence-corrected chi connectivity index (χ1v) is 6.73. The molecule has 0 amide bonds. The molecule has 0 aliphatic heterocycles. The highest BCUT2D eigenvalue weighted by atomic mass is 79.9. The molecule has 0 heterocycles. The Bertz CT molecular complexity index is 632. The largest absolute Gasteiger partial charge is 0.289 e. The lowest BCUT2D eigenvalue weighted by Gasteiger charge is -2.14. The van der Waals surface area contributed by atoms with E-state index in [4.69, 9.17) is 0 Å². The van der Waals surface area contributed by atoms with Crippen molar-refractivity contribution in [2.75, 3.05) is 0 Å². The van der Waals surface area contributed by atoms with Gasteiger partial charge in [0.05, 0.1) is 4.83 Å². The van der Waals surface area contributed by atoms with Gasteiger partial charge in [0.25, 0.3) is 0 Å². The summed E-state index contributed by atoms with van der Waals surface area (Å²) in [6.45, 7) is 0. The highest BCUT2D eigenvalue weighted by Gasteiger charge is 2.14. The fraction of sp³-hybridized carbons (Fsp3) is 0.0625. The zero-order valence-electron chi connectivity index (χ0n) is 9.64. The van der Waals surface area contributed by atoms with Crippen LogP contribution in [0.4, 0.5) is 0 Å². The summed E-state index contributed by atoms with van der Waals surface area (Å²) in [5.41, 5.74) is 3.79. The zero-order chi connectivity index (χ0) is 12.5. The Morgan fingerprint density at radius 2 is 1.83 bits per heavy atom. The summed E-state index contributed by atoms with van der Waals surface area (Å²) < 4.78 is 0. The maximum absolute atomic E-state index is 12.2. The van der Waals surface area contributed by atoms with Crippen LogP contribution in [0.1, 0.15) is 15.9 Å². The number of fused-ring (bicyclic) bond motifs is 2. The second kappa shape index (κ2) is 4.54. The van der Waals surface area contributed by atoms with Gasteiger partial charge in [0.1, 0.15) is 0 Å². The topological polar surface area (TPSA) is 17.1 Å². The minimum absolute atomic E-state index is 0.0634. The normalized spacial score (nSPS) is 26.1. The molecule has 3 rings (SSSR count). The molecule has 88 valence electrons. The Balaban J connectivity index is 2.17. The number of alkyl halides is 1. The number of carbonyl (C=O) groups excluding carboxylic acids is 1. The fourth-order valence-electron chi connectivity index (χ4n) is 2.16. The van der Waals surface area contributed by atoms with Crippen molar-refractivity contribution >= 4 is 27.8 Å². The van der Waals surface area contributed by atoms with Crippen molar-refractivity contribution in [2.45, 2.75) is 4.83 Å². The predicted octanol–water partition coefficient (Wildman–Crippen LogP) is 4.08. The molecule has 1 atom stereocenters. The highest BCUT2D eigenvalue weighted by Crippen LogP contribution is 2.27. The number of rotatable bonds is 0. The van der Waals surface area contributed by atoms with Crippen LogP contribution in [0.25, 0.3) is 6.08 Å². The van der Waals surface area contributed by atoms with E-state index in [1.54, 1.807) is 6.08 Å². The lowest BCUT2D eigenvalue weighted by atomic mass is 9.92. The number of benzene rings is 1. The van der Waals surface area contributed by atoms with E-state index in [9.17, 15) is 4.79 Å². The first-order chi connectivity index (χ1) is 8.74. The standard InChI is InChI=1S/C16H11BrO/c17-14-8-7-13-10-16(18)15-4-2-1-3-11(15)5-6-12(13)9-14/h1-10,14H/b6-5-,13-10-. The molecule has 0 aromatic heterocycles. The van der Waals surface area contributed by atoms with Crippen molar-refractivity contribution in [3.63, 3.8) is 0 Å². The Kier molecular flexibility index (Phi) is 2.88. The Hall–Kier alpha value is -1.67. The fourth-order valence-corrected chi connectivity index (χ4v) is 2.60. The lowest BCUT2D eigenvalue weighted by molar-refractivity contribution is 0.104. The maximum atomic E-state index is 12.2. The monoisotopic (exact) mass is 298 g/mol. The molecule has 1 aromatic rings. The van der Waals surface area contributed by atoms with E-state index in [1.807, 2.05) is 42.5 Å². The molecule has 2 aliphatic carbocycles. The third-order valence-electron chi connectivity index (χ3n) is 3.09. The molecule has 0 saturated carbocycles. The molecule has 2 aliphatic rings. The first-order valence-electron chi connectivity index (χ1n) is 5.82. The number of allylic oxidation sites excluding steroid dienone is 7. The molecule has 0 bridgehead atoms. The minimum atomic E-state index is 0.0634. The SMILES string of the molecule is O=C1/C=C2/C=CC(Br)C=C2/C=C\c2ccccc21. The number of hydrogen-bond donors (Lipinski definition) is 0. The van der Waals surface area contributed by atoms with Crippen LogP contribution >= 0.6 is 15.9 Å². The maximum Gasteiger partial charge on any atom is 0.187 e. The van der Waals surface area contributed by atoms with E-state index in [0.29, 0.717) is 0 Å². The molecule has 0 spiro atoms. The van der Waals surface area contributed by atoms with E-state index in [0.717, 1.165) is 22.3 Å². The summed E-state index contributed by atoms with van der Waals surface area (Å²) in [6, 6.07) is 7.68. The second-order valence-corrected chi connectivity index (χ2v) is 5.37. The summed E-state index contributed by atoms with van der Waals surface area (Å²) in [5, 5.41) is 0. The van der Waals surface area contributed by atoms with Crippen molar-refractivity contribution in [2.24, 2.45) is 0 Å². The molecule has 1 unspecified atom stereocenters. The van der Waals surface area contributed by atoms with Crippen molar-refractivity contribution in [3.05, 3.63) is 76.9 Å². The van der Waals surface area contributed by atoms with E-state index in [-0.39, 0.29) is 10.6 Å². The van der Waals surface area contributed by atoms with Gasteiger partial charge in [-0.25, -0.2) is 0 Å². The number of hydrogen-bond acceptors (Lipinski definition) is 1. The van der Waals surface area contributed by atoms with E-state index < -0.39 is 0 Å². The Labute approximate surface area is 114 Å². The van der Waals surface area contributed by atoms with Gasteiger partial charge in [-0.05, 0) is 22.8 Å². The van der Waals surface area contributed by atoms with Gasteiger partial charge in [0.15, 0.2) is 5.78 Å². The quantitative estimate of drug-likeness (QED) is 0.660. The van der Waals surface area contributed by atoms with Gasteiger partial charge in [0.2, 0.25) is 0 Å². The Morgan fingerprint density at radius 3 is 2.72 bits per heavy atom. The average molecular weight is 299 g/mol. The van der Waals surface area contributed by atoms with Gasteiger partial charge in [-0.1, -0.05) is 70.6 Å². The van der Waals surface area contributed by atoms with Gasteiger partial charge < -0.3 is 0 Å². The van der Waals surface area contributed by atoms with Gasteiger partial charge in [-0.3, -0.25) is 4.79 Å². The van der Waals surface area contributed by atoms with E-state index >= 15 is 0 Å². The van der Waals surface area contributed by atoms with Crippen molar-refractivity contribution < 1.29 is 4.79 Å². The van der Waals surface area contributed by atoms with Crippen LogP contribution in [-0.4, -0.2) is 10.6 Å². The average Bonchev–Trinajstić information content (AvgIpc) is 2.37. The molecule has 0 saturated heterocycles. The molecule has 2 heteroatoms. The van der Waals surface area contributed by atoms with Crippen LogP contribution in [0.2, 0.25) is 0 Å². The number of carbonyl (C=O) groups is 1. The van der Waals surface area contributed by atoms with Crippen LogP contribution in [0.3, 0.4) is 0 Å². The number of ketones is 1. The van der Waals surface area contributed by atoms with Gasteiger partial charge in [-0.2, -0.15) is 0 Å². The lowest BCUT2D eigenvalue weighted by Crippen LogP contribution is -2.05. The van der Waals surface area contributed by atoms with Crippen LogP contribution in [0, 0.1) is 0 Å². The van der Waals surface area contributed by atoms with E-state index in [2.05, 4.69) is 28.1 Å². The summed E-state index contributed by atoms with van der Waals surface area (Å²) in [6.07, 6.45) is 11.9. The minimum Gasteiger partial charge on any atom is -0.289 e. The molecule has 0 fully saturated rings. The zero-order valence-corrected chi connectivity index (χ0v) is 11.2. The van der Waals surface area contributed by atoms with Crippen molar-refractivity contribution in [1.29, 1.82) is 0 Å². The molecular weight excluding hydrogens is 288 g/mol. The highest BCUT2D eigenvalue weighted by molar-refractivity contribution is 9.09. The van der Waals surface area contributed by atoms with Crippen LogP contribution in [0.5, 0.6) is 0 Å². The first kappa shape index (κ1) is 11.4. The third kappa shape index (κ3) is 2.04. The summed E-state index contributed by atoms with van der Waals surface area (Å²) >= 11 is 3.53. The van der Waals surface area contributed by atoms with Gasteiger partial charge >= 0.3 is 0 Å². The van der Waals surface area contributed by atoms with Crippen molar-refractivity contribution in [1.82, 2.24) is 0 Å². The van der Waals surface area contributed by atoms with Gasteiger partial charge in [-0.15, -0.1) is 0 Å². The van der Waals surface area contributed by atoms with E-state index in [1.165, 1.54) is 0 Å². The smallest absolute Gasteiger partial charge is 0.187 e. The third-order valence-corrected chi connectivity index (χ3v) is 3.66. The van der Waals surface area contributed by atoms with Crippen LogP contribution in [-0.2, 0) is 0 Å². The van der Waals surface area contributed by atoms with Crippen LogP contribution in [0.15, 0.2) is 65.8 Å². The molecular formula is C16H11BrO.